The highest BCUT2D eigenvalue weighted by Gasteiger charge is 2.29. The molecule has 1 N–H and O–H groups in total. The minimum atomic E-state index is -0.0781. The largest absolute Gasteiger partial charge is 0.388 e. The highest BCUT2D eigenvalue weighted by atomic mass is 32.2. The van der Waals surface area contributed by atoms with Crippen molar-refractivity contribution in [1.29, 1.82) is 0 Å². The summed E-state index contributed by atoms with van der Waals surface area (Å²) in [4.78, 5) is 4.33. The van der Waals surface area contributed by atoms with E-state index in [9.17, 15) is 5.11 Å². The highest BCUT2D eigenvalue weighted by Crippen LogP contribution is 2.39. The van der Waals surface area contributed by atoms with Gasteiger partial charge in [0.05, 0.1) is 5.75 Å². The smallest absolute Gasteiger partial charge is 0.237 e. The van der Waals surface area contributed by atoms with E-state index in [4.69, 9.17) is 4.52 Å². The summed E-state index contributed by atoms with van der Waals surface area (Å²) in [6.07, 6.45) is 4.09. The van der Waals surface area contributed by atoms with E-state index in [1.165, 1.54) is 11.8 Å². The van der Waals surface area contributed by atoms with E-state index in [-0.39, 0.29) is 6.61 Å². The Kier molecular flexibility index (Phi) is 4.02. The lowest BCUT2D eigenvalue weighted by Crippen LogP contribution is -2.02. The molecular weight excluding hydrogens is 278 g/mol. The highest BCUT2D eigenvalue weighted by molar-refractivity contribution is 7.98. The first-order chi connectivity index (χ1) is 9.81. The van der Waals surface area contributed by atoms with Gasteiger partial charge in [-0.3, -0.25) is 0 Å². The number of thioether (sulfide) groups is 1. The predicted octanol–water partition coefficient (Wildman–Crippen LogP) is 1.73. The van der Waals surface area contributed by atoms with Gasteiger partial charge < -0.3 is 14.2 Å². The Labute approximate surface area is 120 Å². The summed E-state index contributed by atoms with van der Waals surface area (Å²) in [5.74, 6) is 2.57. The number of aliphatic hydroxyl groups excluding tert-OH is 1. The molecule has 8 heteroatoms. The first kappa shape index (κ1) is 13.6. The Bertz CT molecular complexity index is 578. The van der Waals surface area contributed by atoms with Gasteiger partial charge in [0, 0.05) is 12.5 Å². The maximum Gasteiger partial charge on any atom is 0.237 e. The fourth-order valence-corrected chi connectivity index (χ4v) is 2.88. The topological polar surface area (TPSA) is 89.9 Å². The molecule has 0 aromatic carbocycles. The van der Waals surface area contributed by atoms with Crippen LogP contribution in [0.25, 0.3) is 0 Å². The van der Waals surface area contributed by atoms with Gasteiger partial charge in [0.15, 0.2) is 16.8 Å². The molecule has 0 radical (unpaired) electrons. The molecule has 0 saturated heterocycles. The summed E-state index contributed by atoms with van der Waals surface area (Å²) in [5.41, 5.74) is 0. The SMILES string of the molecule is CCCc1noc(CSc2nnc(CO)n2C2CC2)n1. The zero-order valence-corrected chi connectivity index (χ0v) is 12.1. The summed E-state index contributed by atoms with van der Waals surface area (Å²) >= 11 is 1.52. The molecule has 2 heterocycles. The van der Waals surface area contributed by atoms with Crippen LogP contribution in [-0.4, -0.2) is 30.0 Å². The molecule has 2 aromatic heterocycles. The van der Waals surface area contributed by atoms with Crippen molar-refractivity contribution in [2.24, 2.45) is 0 Å². The fraction of sp³-hybridized carbons (Fsp3) is 0.667. The monoisotopic (exact) mass is 295 g/mol. The Morgan fingerprint density at radius 1 is 1.40 bits per heavy atom. The summed E-state index contributed by atoms with van der Waals surface area (Å²) < 4.78 is 7.22. The molecule has 0 bridgehead atoms. The van der Waals surface area contributed by atoms with Crippen molar-refractivity contribution < 1.29 is 9.63 Å². The van der Waals surface area contributed by atoms with Crippen LogP contribution in [0.2, 0.25) is 0 Å². The molecule has 2 aromatic rings. The first-order valence-corrected chi connectivity index (χ1v) is 7.79. The van der Waals surface area contributed by atoms with E-state index in [1.54, 1.807) is 0 Å². The number of aromatic nitrogens is 5. The second kappa shape index (κ2) is 5.92. The lowest BCUT2D eigenvalue weighted by Gasteiger charge is -2.05. The van der Waals surface area contributed by atoms with Gasteiger partial charge in [0.2, 0.25) is 5.89 Å². The molecule has 1 aliphatic carbocycles. The van der Waals surface area contributed by atoms with Crippen molar-refractivity contribution in [3.8, 4) is 0 Å². The Balaban J connectivity index is 1.67. The van der Waals surface area contributed by atoms with E-state index in [0.29, 0.717) is 23.5 Å². The normalized spacial score (nSPS) is 14.9. The molecule has 0 aliphatic heterocycles. The van der Waals surface area contributed by atoms with Gasteiger partial charge in [-0.15, -0.1) is 10.2 Å². The standard InChI is InChI=1S/C12H17N5O2S/c1-2-3-9-13-11(19-16-9)7-20-12-15-14-10(6-18)17(12)8-4-5-8/h8,18H,2-7H2,1H3. The van der Waals surface area contributed by atoms with Crippen molar-refractivity contribution in [2.75, 3.05) is 0 Å². The van der Waals surface area contributed by atoms with Gasteiger partial charge in [-0.05, 0) is 19.3 Å². The number of rotatable bonds is 7. The van der Waals surface area contributed by atoms with Crippen LogP contribution in [0.15, 0.2) is 9.68 Å². The van der Waals surface area contributed by atoms with Gasteiger partial charge in [0.25, 0.3) is 0 Å². The number of aliphatic hydroxyl groups is 1. The van der Waals surface area contributed by atoms with Gasteiger partial charge in [-0.25, -0.2) is 0 Å². The van der Waals surface area contributed by atoms with E-state index >= 15 is 0 Å². The van der Waals surface area contributed by atoms with Crippen LogP contribution in [0.5, 0.6) is 0 Å². The van der Waals surface area contributed by atoms with E-state index in [0.717, 1.165) is 36.7 Å². The minimum Gasteiger partial charge on any atom is -0.388 e. The van der Waals surface area contributed by atoms with Gasteiger partial charge >= 0.3 is 0 Å². The second-order valence-corrected chi connectivity index (χ2v) is 5.74. The molecule has 1 saturated carbocycles. The molecule has 0 spiro atoms. The van der Waals surface area contributed by atoms with Crippen LogP contribution in [0, 0.1) is 0 Å². The molecule has 1 aliphatic rings. The summed E-state index contributed by atoms with van der Waals surface area (Å²) in [6.45, 7) is 2.00. The van der Waals surface area contributed by atoms with Crippen molar-refractivity contribution in [1.82, 2.24) is 24.9 Å². The number of hydrogen-bond acceptors (Lipinski definition) is 7. The van der Waals surface area contributed by atoms with Crippen LogP contribution >= 0.6 is 11.8 Å². The molecule has 1 fully saturated rings. The average molecular weight is 295 g/mol. The molecule has 0 atom stereocenters. The molecular formula is C12H17N5O2S. The maximum absolute atomic E-state index is 9.28. The third-order valence-electron chi connectivity index (χ3n) is 3.10. The molecule has 20 heavy (non-hydrogen) atoms. The van der Waals surface area contributed by atoms with Crippen LogP contribution < -0.4 is 0 Å². The fourth-order valence-electron chi connectivity index (χ4n) is 2.01. The molecule has 7 nitrogen and oxygen atoms in total. The molecule has 3 rings (SSSR count). The Hall–Kier alpha value is -1.41. The summed E-state index contributed by atoms with van der Waals surface area (Å²) in [7, 11) is 0. The van der Waals surface area contributed by atoms with Gasteiger partial charge in [-0.2, -0.15) is 4.98 Å². The van der Waals surface area contributed by atoms with Crippen molar-refractivity contribution in [3.05, 3.63) is 17.5 Å². The van der Waals surface area contributed by atoms with Gasteiger partial charge in [-0.1, -0.05) is 23.8 Å². The van der Waals surface area contributed by atoms with Crippen LogP contribution in [0.4, 0.5) is 0 Å². The summed E-state index contributed by atoms with van der Waals surface area (Å²) in [5, 5.41) is 22.2. The number of hydrogen-bond donors (Lipinski definition) is 1. The molecule has 108 valence electrons. The maximum atomic E-state index is 9.28. The van der Waals surface area contributed by atoms with E-state index in [1.807, 2.05) is 4.57 Å². The lowest BCUT2D eigenvalue weighted by atomic mass is 10.3. The van der Waals surface area contributed by atoms with Crippen molar-refractivity contribution in [2.45, 2.75) is 56.2 Å². The number of nitrogens with zero attached hydrogens (tertiary/aromatic N) is 5. The van der Waals surface area contributed by atoms with Crippen LogP contribution in [0.3, 0.4) is 0 Å². The average Bonchev–Trinajstić information content (AvgIpc) is 3.05. The number of aryl methyl sites for hydroxylation is 1. The minimum absolute atomic E-state index is 0.0781. The van der Waals surface area contributed by atoms with E-state index < -0.39 is 0 Å². The van der Waals surface area contributed by atoms with Gasteiger partial charge in [0.1, 0.15) is 6.61 Å². The van der Waals surface area contributed by atoms with Crippen LogP contribution in [0.1, 0.15) is 49.8 Å². The van der Waals surface area contributed by atoms with Crippen LogP contribution in [-0.2, 0) is 18.8 Å². The molecule has 0 unspecified atom stereocenters. The van der Waals surface area contributed by atoms with Crippen molar-refractivity contribution >= 4 is 11.8 Å². The Morgan fingerprint density at radius 2 is 2.25 bits per heavy atom. The molecule has 0 amide bonds. The third-order valence-corrected chi connectivity index (χ3v) is 4.02. The third kappa shape index (κ3) is 2.85. The first-order valence-electron chi connectivity index (χ1n) is 6.80. The second-order valence-electron chi connectivity index (χ2n) is 4.80. The van der Waals surface area contributed by atoms with E-state index in [2.05, 4.69) is 27.3 Å². The zero-order chi connectivity index (χ0) is 13.9. The quantitative estimate of drug-likeness (QED) is 0.778. The van der Waals surface area contributed by atoms with Crippen molar-refractivity contribution in [3.63, 3.8) is 0 Å². The predicted molar refractivity (Wildman–Crippen MR) is 72.1 cm³/mol. The zero-order valence-electron chi connectivity index (χ0n) is 11.3. The Morgan fingerprint density at radius 3 is 2.95 bits per heavy atom. The lowest BCUT2D eigenvalue weighted by molar-refractivity contribution is 0.263. The summed E-state index contributed by atoms with van der Waals surface area (Å²) in [6, 6.07) is 0.438.